The highest BCUT2D eigenvalue weighted by Gasteiger charge is 2.35. The number of carbonyl (C=O) groups excluding carboxylic acids is 1. The number of rotatable bonds is 7. The Balaban J connectivity index is 2.03. The quantitative estimate of drug-likeness (QED) is 0.765. The molecule has 144 valence electrons. The van der Waals surface area contributed by atoms with Gasteiger partial charge in [0.05, 0.1) is 0 Å². The average molecular weight is 379 g/mol. The first-order valence-corrected chi connectivity index (χ1v) is 8.35. The van der Waals surface area contributed by atoms with Crippen LogP contribution >= 0.6 is 0 Å². The van der Waals surface area contributed by atoms with Crippen LogP contribution in [-0.2, 0) is 16.6 Å². The lowest BCUT2D eigenvalue weighted by Crippen LogP contribution is -2.44. The molecule has 27 heavy (non-hydrogen) atoms. The summed E-state index contributed by atoms with van der Waals surface area (Å²) in [6.45, 7) is 1.40. The Bertz CT molecular complexity index is 788. The number of aryl methyl sites for hydroxylation is 1. The zero-order valence-corrected chi connectivity index (χ0v) is 14.7. The second-order valence-corrected chi connectivity index (χ2v) is 6.50. The molecule has 2 rings (SSSR count). The van der Waals surface area contributed by atoms with E-state index in [-0.39, 0.29) is 18.5 Å². The summed E-state index contributed by atoms with van der Waals surface area (Å²) in [7, 11) is 0. The lowest BCUT2D eigenvalue weighted by Gasteiger charge is -2.25. The summed E-state index contributed by atoms with van der Waals surface area (Å²) >= 11 is 0. The van der Waals surface area contributed by atoms with Crippen LogP contribution in [0, 0.1) is 0 Å². The van der Waals surface area contributed by atoms with E-state index in [1.807, 2.05) is 0 Å². The van der Waals surface area contributed by atoms with E-state index in [9.17, 15) is 27.9 Å². The molecule has 0 radical (unpaired) electrons. The molecule has 0 saturated carbocycles. The zero-order chi connectivity index (χ0) is 20.1. The van der Waals surface area contributed by atoms with Gasteiger partial charge >= 0.3 is 12.1 Å². The number of benzene rings is 2. The highest BCUT2D eigenvalue weighted by atomic mass is 19.4. The summed E-state index contributed by atoms with van der Waals surface area (Å²) in [5.41, 5.74) is -0.0146. The number of alkyl halides is 3. The fourth-order valence-electron chi connectivity index (χ4n) is 2.58. The Kier molecular flexibility index (Phi) is 6.25. The summed E-state index contributed by atoms with van der Waals surface area (Å²) in [5, 5.41) is 12.2. The van der Waals surface area contributed by atoms with Crippen LogP contribution < -0.4 is 5.32 Å². The molecule has 2 aromatic carbocycles. The molecule has 0 aliphatic heterocycles. The molecule has 0 heterocycles. The SMILES string of the molecule is CC(CNC(=O)c1ccc(CCC(F)(F)F)cc1)(C(=O)O)c1ccccc1. The molecule has 4 nitrogen and oxygen atoms in total. The molecular formula is C20H20F3NO3. The van der Waals surface area contributed by atoms with E-state index in [4.69, 9.17) is 0 Å². The van der Waals surface area contributed by atoms with Gasteiger partial charge in [-0.3, -0.25) is 9.59 Å². The summed E-state index contributed by atoms with van der Waals surface area (Å²) in [4.78, 5) is 24.0. The van der Waals surface area contributed by atoms with Crippen LogP contribution in [0.1, 0.15) is 34.8 Å². The number of nitrogens with one attached hydrogen (secondary N) is 1. The summed E-state index contributed by atoms with van der Waals surface area (Å²) in [5.74, 6) is -1.56. The molecule has 0 bridgehead atoms. The topological polar surface area (TPSA) is 66.4 Å². The first-order valence-electron chi connectivity index (χ1n) is 8.35. The van der Waals surface area contributed by atoms with E-state index in [0.29, 0.717) is 11.1 Å². The predicted octanol–water partition coefficient (Wildman–Crippen LogP) is 3.95. The third kappa shape index (κ3) is 5.57. The predicted molar refractivity (Wildman–Crippen MR) is 94.6 cm³/mol. The fourth-order valence-corrected chi connectivity index (χ4v) is 2.58. The van der Waals surface area contributed by atoms with Crippen LogP contribution in [0.15, 0.2) is 54.6 Å². The number of aliphatic carboxylic acids is 1. The molecular weight excluding hydrogens is 359 g/mol. The Labute approximate surface area is 155 Å². The van der Waals surface area contributed by atoms with Crippen LogP contribution in [0.4, 0.5) is 13.2 Å². The molecule has 1 amide bonds. The zero-order valence-electron chi connectivity index (χ0n) is 14.7. The molecule has 0 aliphatic carbocycles. The van der Waals surface area contributed by atoms with E-state index in [1.54, 1.807) is 30.3 Å². The number of halogens is 3. The third-order valence-electron chi connectivity index (χ3n) is 4.40. The van der Waals surface area contributed by atoms with Gasteiger partial charge in [0.15, 0.2) is 0 Å². The number of hydrogen-bond donors (Lipinski definition) is 2. The molecule has 0 fully saturated rings. The van der Waals surface area contributed by atoms with Crippen molar-refractivity contribution in [3.8, 4) is 0 Å². The molecule has 1 unspecified atom stereocenters. The normalized spacial score (nSPS) is 13.6. The van der Waals surface area contributed by atoms with Crippen molar-refractivity contribution in [2.45, 2.75) is 31.4 Å². The second-order valence-electron chi connectivity index (χ2n) is 6.50. The highest BCUT2D eigenvalue weighted by Crippen LogP contribution is 2.24. The van der Waals surface area contributed by atoms with Gasteiger partial charge in [0.2, 0.25) is 0 Å². The van der Waals surface area contributed by atoms with E-state index in [0.717, 1.165) is 0 Å². The largest absolute Gasteiger partial charge is 0.481 e. The van der Waals surface area contributed by atoms with Gasteiger partial charge in [0.25, 0.3) is 5.91 Å². The molecule has 2 aromatic rings. The van der Waals surface area contributed by atoms with Crippen molar-refractivity contribution < 1.29 is 27.9 Å². The van der Waals surface area contributed by atoms with Gasteiger partial charge in [0.1, 0.15) is 5.41 Å². The van der Waals surface area contributed by atoms with Crippen molar-refractivity contribution in [3.05, 3.63) is 71.3 Å². The minimum atomic E-state index is -4.23. The molecule has 0 saturated heterocycles. The van der Waals surface area contributed by atoms with Crippen molar-refractivity contribution in [3.63, 3.8) is 0 Å². The van der Waals surface area contributed by atoms with Crippen molar-refractivity contribution in [1.29, 1.82) is 0 Å². The first kappa shape index (κ1) is 20.5. The summed E-state index contributed by atoms with van der Waals surface area (Å²) < 4.78 is 36.8. The minimum Gasteiger partial charge on any atom is -0.481 e. The molecule has 0 aromatic heterocycles. The van der Waals surface area contributed by atoms with E-state index < -0.39 is 29.9 Å². The monoisotopic (exact) mass is 379 g/mol. The van der Waals surface area contributed by atoms with E-state index in [2.05, 4.69) is 5.32 Å². The van der Waals surface area contributed by atoms with Gasteiger partial charge in [-0.1, -0.05) is 42.5 Å². The highest BCUT2D eigenvalue weighted by molar-refractivity contribution is 5.95. The Hall–Kier alpha value is -2.83. The number of hydrogen-bond acceptors (Lipinski definition) is 2. The second kappa shape index (κ2) is 8.24. The fraction of sp³-hybridized carbons (Fsp3) is 0.300. The number of carbonyl (C=O) groups is 2. The van der Waals surface area contributed by atoms with Gasteiger partial charge < -0.3 is 10.4 Å². The maximum atomic E-state index is 12.3. The summed E-state index contributed by atoms with van der Waals surface area (Å²) in [6.07, 6.45) is -5.31. The van der Waals surface area contributed by atoms with E-state index >= 15 is 0 Å². The van der Waals surface area contributed by atoms with Crippen molar-refractivity contribution in [1.82, 2.24) is 5.32 Å². The molecule has 7 heteroatoms. The standard InChI is InChI=1S/C20H20F3NO3/c1-19(18(26)27,16-5-3-2-4-6-16)13-24-17(25)15-9-7-14(8-10-15)11-12-20(21,22)23/h2-10H,11-13H2,1H3,(H,24,25)(H,26,27). The molecule has 1 atom stereocenters. The van der Waals surface area contributed by atoms with Gasteiger partial charge in [0, 0.05) is 18.5 Å². The van der Waals surface area contributed by atoms with Crippen LogP contribution in [0.3, 0.4) is 0 Å². The Morgan fingerprint density at radius 3 is 2.11 bits per heavy atom. The summed E-state index contributed by atoms with van der Waals surface area (Å²) in [6, 6.07) is 14.4. The molecule has 0 spiro atoms. The van der Waals surface area contributed by atoms with Crippen LogP contribution in [-0.4, -0.2) is 29.7 Å². The number of carboxylic acids is 1. The van der Waals surface area contributed by atoms with Crippen LogP contribution in [0.2, 0.25) is 0 Å². The maximum Gasteiger partial charge on any atom is 0.389 e. The Morgan fingerprint density at radius 2 is 1.59 bits per heavy atom. The Morgan fingerprint density at radius 1 is 1.00 bits per heavy atom. The maximum absolute atomic E-state index is 12.3. The minimum absolute atomic E-state index is 0.124. The van der Waals surface area contributed by atoms with Crippen molar-refractivity contribution in [2.24, 2.45) is 0 Å². The number of amides is 1. The van der Waals surface area contributed by atoms with Crippen molar-refractivity contribution >= 4 is 11.9 Å². The first-order chi connectivity index (χ1) is 12.6. The van der Waals surface area contributed by atoms with Gasteiger partial charge in [-0.2, -0.15) is 13.2 Å². The lowest BCUT2D eigenvalue weighted by atomic mass is 9.82. The van der Waals surface area contributed by atoms with Gasteiger partial charge in [-0.05, 0) is 36.6 Å². The lowest BCUT2D eigenvalue weighted by molar-refractivity contribution is -0.143. The smallest absolute Gasteiger partial charge is 0.389 e. The van der Waals surface area contributed by atoms with Gasteiger partial charge in [-0.15, -0.1) is 0 Å². The molecule has 0 aliphatic rings. The molecule has 2 N–H and O–H groups in total. The third-order valence-corrected chi connectivity index (χ3v) is 4.40. The average Bonchev–Trinajstić information content (AvgIpc) is 2.64. The van der Waals surface area contributed by atoms with Crippen LogP contribution in [0.25, 0.3) is 0 Å². The van der Waals surface area contributed by atoms with E-state index in [1.165, 1.54) is 31.2 Å². The number of carboxylic acid groups (broad SMARTS) is 1. The van der Waals surface area contributed by atoms with Crippen LogP contribution in [0.5, 0.6) is 0 Å². The van der Waals surface area contributed by atoms with Gasteiger partial charge in [-0.25, -0.2) is 0 Å². The van der Waals surface area contributed by atoms with Crippen molar-refractivity contribution in [2.75, 3.05) is 6.54 Å².